The van der Waals surface area contributed by atoms with Crippen molar-refractivity contribution in [3.8, 4) is 0 Å². The lowest BCUT2D eigenvalue weighted by atomic mass is 10.0. The highest BCUT2D eigenvalue weighted by molar-refractivity contribution is 5.71. The van der Waals surface area contributed by atoms with E-state index in [0.29, 0.717) is 13.0 Å². The Morgan fingerprint density at radius 1 is 0.426 bits per heavy atom. The Labute approximate surface area is 334 Å². The molecule has 0 bridgehead atoms. The quantitative estimate of drug-likeness (QED) is 0.0353. The van der Waals surface area contributed by atoms with Gasteiger partial charge in [-0.05, 0) is 44.9 Å². The third kappa shape index (κ3) is 42.3. The molecule has 0 amide bonds. The van der Waals surface area contributed by atoms with Gasteiger partial charge < -0.3 is 14.2 Å². The fraction of sp³-hybridized carbons (Fsp3) is 0.755. The van der Waals surface area contributed by atoms with Crippen molar-refractivity contribution in [3.05, 3.63) is 60.8 Å². The summed E-state index contributed by atoms with van der Waals surface area (Å²) in [7, 11) is 0. The third-order valence-corrected chi connectivity index (χ3v) is 9.60. The van der Waals surface area contributed by atoms with Gasteiger partial charge in [-0.1, -0.05) is 216 Å². The van der Waals surface area contributed by atoms with Gasteiger partial charge in [0.1, 0.15) is 6.61 Å². The number of ether oxygens (including phenoxy) is 3. The molecule has 0 spiro atoms. The van der Waals surface area contributed by atoms with Gasteiger partial charge in [0, 0.05) is 13.0 Å². The van der Waals surface area contributed by atoms with Crippen LogP contribution in [-0.2, 0) is 23.8 Å². The maximum Gasteiger partial charge on any atom is 0.309 e. The molecule has 0 heterocycles. The summed E-state index contributed by atoms with van der Waals surface area (Å²) >= 11 is 0. The van der Waals surface area contributed by atoms with Gasteiger partial charge in [-0.2, -0.15) is 0 Å². The van der Waals surface area contributed by atoms with E-state index in [2.05, 4.69) is 69.4 Å². The fourth-order valence-electron chi connectivity index (χ4n) is 6.23. The van der Waals surface area contributed by atoms with Crippen LogP contribution in [0.1, 0.15) is 213 Å². The number of hydrogen-bond acceptors (Lipinski definition) is 5. The highest BCUT2D eigenvalue weighted by Gasteiger charge is 2.17. The number of carbonyl (C=O) groups excluding carboxylic acids is 2. The lowest BCUT2D eigenvalue weighted by Gasteiger charge is -2.18. The number of unbranched alkanes of at least 4 members (excludes halogenated alkanes) is 21. The molecule has 54 heavy (non-hydrogen) atoms. The number of allylic oxidation sites excluding steroid dienone is 9. The van der Waals surface area contributed by atoms with Crippen LogP contribution in [0, 0.1) is 0 Å². The molecule has 0 rings (SSSR count). The van der Waals surface area contributed by atoms with Gasteiger partial charge in [0.15, 0.2) is 6.10 Å². The zero-order valence-electron chi connectivity index (χ0n) is 35.7. The Morgan fingerprint density at radius 2 is 0.815 bits per heavy atom. The fourth-order valence-corrected chi connectivity index (χ4v) is 6.23. The highest BCUT2D eigenvalue weighted by atomic mass is 16.6. The van der Waals surface area contributed by atoms with Crippen molar-refractivity contribution in [3.63, 3.8) is 0 Å². The van der Waals surface area contributed by atoms with E-state index in [4.69, 9.17) is 14.2 Å². The van der Waals surface area contributed by atoms with Crippen LogP contribution in [0.2, 0.25) is 0 Å². The molecule has 0 aromatic carbocycles. The van der Waals surface area contributed by atoms with Gasteiger partial charge in [0.25, 0.3) is 0 Å². The maximum atomic E-state index is 12.5. The largest absolute Gasteiger partial charge is 0.461 e. The number of rotatable bonds is 41. The molecular weight excluding hydrogens is 669 g/mol. The standard InChI is InChI=1S/C49H86O5/c1-4-7-10-13-15-17-19-21-23-24-25-27-29-31-33-35-38-41-44-52-45-47(54-49(51)43-40-36-12-9-6-3)46-53-48(50)42-39-37-34-32-30-28-26-22-20-18-16-14-11-8-5-2/h8,11,16,18,22,26,30,32,37,39,47H,4-7,9-10,12-15,17,19-21,23-25,27-29,31,33-36,38,40-46H2,1-3H3/b11-8-,18-16-,26-22-,32-30-,39-37-. The monoisotopic (exact) mass is 755 g/mol. The Hall–Kier alpha value is -2.40. The molecule has 0 radical (unpaired) electrons. The molecule has 0 aliphatic heterocycles. The van der Waals surface area contributed by atoms with Crippen molar-refractivity contribution in [1.29, 1.82) is 0 Å². The molecule has 5 heteroatoms. The molecule has 312 valence electrons. The van der Waals surface area contributed by atoms with Crippen LogP contribution in [0.5, 0.6) is 0 Å². The van der Waals surface area contributed by atoms with Crippen LogP contribution in [0.3, 0.4) is 0 Å². The van der Waals surface area contributed by atoms with Gasteiger partial charge in [-0.25, -0.2) is 0 Å². The molecule has 0 aliphatic carbocycles. The predicted octanol–water partition coefficient (Wildman–Crippen LogP) is 15.0. The molecule has 0 aromatic rings. The Morgan fingerprint density at radius 3 is 1.26 bits per heavy atom. The van der Waals surface area contributed by atoms with Crippen molar-refractivity contribution >= 4 is 11.9 Å². The molecule has 0 aromatic heterocycles. The first-order chi connectivity index (χ1) is 26.6. The third-order valence-electron chi connectivity index (χ3n) is 9.60. The number of carbonyl (C=O) groups is 2. The zero-order valence-corrected chi connectivity index (χ0v) is 35.7. The van der Waals surface area contributed by atoms with E-state index in [0.717, 1.165) is 64.2 Å². The first-order valence-electron chi connectivity index (χ1n) is 22.8. The Kier molecular flexibility index (Phi) is 43.0. The summed E-state index contributed by atoms with van der Waals surface area (Å²) < 4.78 is 17.1. The van der Waals surface area contributed by atoms with Gasteiger partial charge in [-0.3, -0.25) is 9.59 Å². The minimum absolute atomic E-state index is 0.0320. The molecule has 1 atom stereocenters. The van der Waals surface area contributed by atoms with Crippen LogP contribution in [0.25, 0.3) is 0 Å². The van der Waals surface area contributed by atoms with E-state index >= 15 is 0 Å². The summed E-state index contributed by atoms with van der Waals surface area (Å²) in [5.41, 5.74) is 0. The van der Waals surface area contributed by atoms with Gasteiger partial charge in [0.2, 0.25) is 0 Å². The molecule has 5 nitrogen and oxygen atoms in total. The Bertz CT molecular complexity index is 946. The summed E-state index contributed by atoms with van der Waals surface area (Å²) in [5, 5.41) is 0. The summed E-state index contributed by atoms with van der Waals surface area (Å²) in [5.74, 6) is -0.553. The van der Waals surface area contributed by atoms with Crippen molar-refractivity contribution in [2.24, 2.45) is 0 Å². The van der Waals surface area contributed by atoms with Crippen molar-refractivity contribution in [2.75, 3.05) is 19.8 Å². The van der Waals surface area contributed by atoms with E-state index in [-0.39, 0.29) is 31.6 Å². The minimum Gasteiger partial charge on any atom is -0.461 e. The zero-order chi connectivity index (χ0) is 39.3. The van der Waals surface area contributed by atoms with E-state index < -0.39 is 6.10 Å². The van der Waals surface area contributed by atoms with Gasteiger partial charge in [0.05, 0.1) is 13.0 Å². The summed E-state index contributed by atoms with van der Waals surface area (Å²) in [6.45, 7) is 7.55. The topological polar surface area (TPSA) is 61.8 Å². The van der Waals surface area contributed by atoms with E-state index in [1.54, 1.807) is 0 Å². The van der Waals surface area contributed by atoms with E-state index in [1.807, 2.05) is 12.2 Å². The molecule has 0 fully saturated rings. The van der Waals surface area contributed by atoms with Crippen LogP contribution < -0.4 is 0 Å². The average Bonchev–Trinajstić information content (AvgIpc) is 3.17. The second-order valence-corrected chi connectivity index (χ2v) is 15.0. The Balaban J connectivity index is 4.14. The molecule has 0 aliphatic rings. The maximum absolute atomic E-state index is 12.5. The second kappa shape index (κ2) is 45.0. The predicted molar refractivity (Wildman–Crippen MR) is 233 cm³/mol. The molecule has 0 saturated heterocycles. The minimum atomic E-state index is -0.569. The van der Waals surface area contributed by atoms with E-state index in [1.165, 1.54) is 116 Å². The first kappa shape index (κ1) is 51.6. The number of esters is 2. The second-order valence-electron chi connectivity index (χ2n) is 15.0. The normalized spacial score (nSPS) is 12.7. The summed E-state index contributed by atoms with van der Waals surface area (Å²) in [6, 6.07) is 0. The van der Waals surface area contributed by atoms with Crippen LogP contribution in [0.4, 0.5) is 0 Å². The summed E-state index contributed by atoms with van der Waals surface area (Å²) in [4.78, 5) is 24.9. The van der Waals surface area contributed by atoms with Crippen molar-refractivity contribution in [2.45, 2.75) is 219 Å². The number of hydrogen-bond donors (Lipinski definition) is 0. The lowest BCUT2D eigenvalue weighted by molar-refractivity contribution is -0.162. The van der Waals surface area contributed by atoms with Crippen LogP contribution in [-0.4, -0.2) is 37.9 Å². The average molecular weight is 755 g/mol. The summed E-state index contributed by atoms with van der Waals surface area (Å²) in [6.07, 6.45) is 55.6. The van der Waals surface area contributed by atoms with Crippen LogP contribution >= 0.6 is 0 Å². The van der Waals surface area contributed by atoms with Crippen LogP contribution in [0.15, 0.2) is 60.8 Å². The molecule has 0 N–H and O–H groups in total. The molecule has 0 saturated carbocycles. The highest BCUT2D eigenvalue weighted by Crippen LogP contribution is 2.15. The van der Waals surface area contributed by atoms with E-state index in [9.17, 15) is 9.59 Å². The first-order valence-corrected chi connectivity index (χ1v) is 22.8. The van der Waals surface area contributed by atoms with Crippen molar-refractivity contribution in [1.82, 2.24) is 0 Å². The van der Waals surface area contributed by atoms with Gasteiger partial charge >= 0.3 is 11.9 Å². The lowest BCUT2D eigenvalue weighted by Crippen LogP contribution is -2.30. The molecular formula is C49H86O5. The SMILES string of the molecule is CC/C=C\C/C=C\C/C=C\C/C=C\C/C=C\CC(=O)OCC(COCCCCCCCCCCCCCCCCCCCC)OC(=O)CCCCCCC. The smallest absolute Gasteiger partial charge is 0.309 e. The van der Waals surface area contributed by atoms with Crippen molar-refractivity contribution < 1.29 is 23.8 Å². The molecule has 1 unspecified atom stereocenters. The van der Waals surface area contributed by atoms with Gasteiger partial charge in [-0.15, -0.1) is 0 Å².